The van der Waals surface area contributed by atoms with Crippen molar-refractivity contribution in [3.8, 4) is 0 Å². The maximum atomic E-state index is 4.47. The molecule has 2 heterocycles. The summed E-state index contributed by atoms with van der Waals surface area (Å²) < 4.78 is 0. The van der Waals surface area contributed by atoms with Crippen molar-refractivity contribution < 1.29 is 0 Å². The summed E-state index contributed by atoms with van der Waals surface area (Å²) in [5.41, 5.74) is 1.29. The van der Waals surface area contributed by atoms with Crippen LogP contribution in [-0.4, -0.2) is 73.7 Å². The molecule has 3 rings (SSSR count). The highest BCUT2D eigenvalue weighted by molar-refractivity contribution is 5.80. The summed E-state index contributed by atoms with van der Waals surface area (Å²) in [6.07, 6.45) is 4.66. The Hall–Kier alpha value is -2.83. The van der Waals surface area contributed by atoms with E-state index in [1.54, 1.807) is 12.4 Å². The van der Waals surface area contributed by atoms with E-state index < -0.39 is 0 Å². The number of para-hydroxylation sites is 1. The fourth-order valence-corrected chi connectivity index (χ4v) is 3.48. The number of guanidine groups is 1. The van der Waals surface area contributed by atoms with Crippen molar-refractivity contribution in [2.45, 2.75) is 13.3 Å². The topological polar surface area (TPSA) is 59.9 Å². The molecule has 0 spiro atoms. The molecule has 1 aromatic heterocycles. The molecule has 1 aliphatic rings. The van der Waals surface area contributed by atoms with Gasteiger partial charge in [0.15, 0.2) is 5.96 Å². The molecule has 1 saturated heterocycles. The van der Waals surface area contributed by atoms with E-state index in [1.165, 1.54) is 5.69 Å². The number of nitrogens with zero attached hydrogens (tertiary/aromatic N) is 6. The number of anilines is 2. The number of nitrogens with one attached hydrogen (secondary N) is 1. The van der Waals surface area contributed by atoms with Crippen LogP contribution >= 0.6 is 0 Å². The lowest BCUT2D eigenvalue weighted by molar-refractivity contribution is 0.370. The predicted octanol–water partition coefficient (Wildman–Crippen LogP) is 2.09. The Balaban J connectivity index is 1.41. The molecule has 0 radical (unpaired) electrons. The Morgan fingerprint density at radius 1 is 1.07 bits per heavy atom. The zero-order valence-electron chi connectivity index (χ0n) is 17.0. The Bertz CT molecular complexity index is 712. The van der Waals surface area contributed by atoms with E-state index >= 15 is 0 Å². The Labute approximate surface area is 168 Å². The molecule has 1 N–H and O–H groups in total. The Kier molecular flexibility index (Phi) is 7.46. The maximum Gasteiger partial charge on any atom is 0.225 e. The largest absolute Gasteiger partial charge is 0.372 e. The molecular weight excluding hydrogens is 350 g/mol. The lowest BCUT2D eigenvalue weighted by Crippen LogP contribution is -2.53. The fraction of sp³-hybridized carbons (Fsp3) is 0.476. The molecule has 0 atom stereocenters. The predicted molar refractivity (Wildman–Crippen MR) is 116 cm³/mol. The molecule has 0 bridgehead atoms. The van der Waals surface area contributed by atoms with Gasteiger partial charge >= 0.3 is 0 Å². The van der Waals surface area contributed by atoms with Crippen LogP contribution in [0.5, 0.6) is 0 Å². The van der Waals surface area contributed by atoms with Crippen molar-refractivity contribution in [1.29, 1.82) is 0 Å². The lowest BCUT2D eigenvalue weighted by Gasteiger charge is -2.36. The van der Waals surface area contributed by atoms with Gasteiger partial charge in [-0.3, -0.25) is 4.99 Å². The van der Waals surface area contributed by atoms with Crippen molar-refractivity contribution in [2.24, 2.45) is 4.99 Å². The molecule has 1 aliphatic heterocycles. The molecule has 1 fully saturated rings. The van der Waals surface area contributed by atoms with E-state index in [-0.39, 0.29) is 0 Å². The zero-order valence-corrected chi connectivity index (χ0v) is 17.0. The van der Waals surface area contributed by atoms with Crippen LogP contribution in [-0.2, 0) is 0 Å². The van der Waals surface area contributed by atoms with Gasteiger partial charge in [0, 0.05) is 70.9 Å². The van der Waals surface area contributed by atoms with Gasteiger partial charge < -0.3 is 20.0 Å². The standard InChI is InChI=1S/C21H31N7/c1-3-26(19-9-5-4-6-10-19)14-8-13-23-20(22-2)27-15-17-28(18-16-27)21-24-11-7-12-25-21/h4-7,9-12H,3,8,13-18H2,1-2H3,(H,22,23). The van der Waals surface area contributed by atoms with Gasteiger partial charge in [0.1, 0.15) is 0 Å². The molecule has 7 nitrogen and oxygen atoms in total. The summed E-state index contributed by atoms with van der Waals surface area (Å²) in [5, 5.41) is 3.52. The first-order valence-electron chi connectivity index (χ1n) is 10.1. The van der Waals surface area contributed by atoms with Crippen LogP contribution in [0.1, 0.15) is 13.3 Å². The lowest BCUT2D eigenvalue weighted by atomic mass is 10.2. The molecular formula is C21H31N7. The third kappa shape index (κ3) is 5.34. The SMILES string of the molecule is CCN(CCCNC(=NC)N1CCN(c2ncccn2)CC1)c1ccccc1. The highest BCUT2D eigenvalue weighted by Crippen LogP contribution is 2.13. The first-order chi connectivity index (χ1) is 13.8. The van der Waals surface area contributed by atoms with Crippen molar-refractivity contribution in [1.82, 2.24) is 20.2 Å². The Morgan fingerprint density at radius 2 is 1.79 bits per heavy atom. The molecule has 0 saturated carbocycles. The number of aliphatic imine (C=N–C) groups is 1. The molecule has 0 aliphatic carbocycles. The quantitative estimate of drug-likeness (QED) is 0.450. The van der Waals surface area contributed by atoms with Crippen LogP contribution < -0.4 is 15.1 Å². The minimum Gasteiger partial charge on any atom is -0.372 e. The monoisotopic (exact) mass is 381 g/mol. The molecule has 2 aromatic rings. The summed E-state index contributed by atoms with van der Waals surface area (Å²) in [6.45, 7) is 8.82. The second-order valence-electron chi connectivity index (χ2n) is 6.77. The molecule has 150 valence electrons. The minimum atomic E-state index is 0.811. The van der Waals surface area contributed by atoms with Crippen LogP contribution in [0.15, 0.2) is 53.8 Å². The molecule has 0 unspecified atom stereocenters. The summed E-state index contributed by atoms with van der Waals surface area (Å²) in [7, 11) is 1.86. The van der Waals surface area contributed by atoms with Crippen molar-refractivity contribution in [3.05, 3.63) is 48.8 Å². The second kappa shape index (κ2) is 10.5. The molecule has 28 heavy (non-hydrogen) atoms. The number of benzene rings is 1. The number of hydrogen-bond donors (Lipinski definition) is 1. The number of piperazine rings is 1. The summed E-state index contributed by atoms with van der Waals surface area (Å²) in [5.74, 6) is 1.79. The number of hydrogen-bond acceptors (Lipinski definition) is 5. The average Bonchev–Trinajstić information content (AvgIpc) is 2.78. The van der Waals surface area contributed by atoms with Crippen LogP contribution in [0.2, 0.25) is 0 Å². The summed E-state index contributed by atoms with van der Waals surface area (Å²) in [4.78, 5) is 20.1. The van der Waals surface area contributed by atoms with Gasteiger partial charge in [0.2, 0.25) is 5.95 Å². The number of rotatable bonds is 7. The highest BCUT2D eigenvalue weighted by atomic mass is 15.4. The number of aromatic nitrogens is 2. The Morgan fingerprint density at radius 3 is 2.43 bits per heavy atom. The smallest absolute Gasteiger partial charge is 0.225 e. The summed E-state index contributed by atoms with van der Waals surface area (Å²) in [6, 6.07) is 12.4. The van der Waals surface area contributed by atoms with Gasteiger partial charge in [-0.25, -0.2) is 9.97 Å². The van der Waals surface area contributed by atoms with Gasteiger partial charge in [-0.05, 0) is 31.5 Å². The van der Waals surface area contributed by atoms with Crippen LogP contribution in [0.3, 0.4) is 0 Å². The van der Waals surface area contributed by atoms with Crippen LogP contribution in [0.4, 0.5) is 11.6 Å². The molecule has 1 aromatic carbocycles. The highest BCUT2D eigenvalue weighted by Gasteiger charge is 2.20. The van der Waals surface area contributed by atoms with Gasteiger partial charge in [-0.2, -0.15) is 0 Å². The van der Waals surface area contributed by atoms with Crippen LogP contribution in [0, 0.1) is 0 Å². The van der Waals surface area contributed by atoms with E-state index in [0.717, 1.165) is 64.1 Å². The van der Waals surface area contributed by atoms with Crippen molar-refractivity contribution in [3.63, 3.8) is 0 Å². The van der Waals surface area contributed by atoms with Gasteiger partial charge in [-0.15, -0.1) is 0 Å². The molecule has 0 amide bonds. The first kappa shape index (κ1) is 19.9. The van der Waals surface area contributed by atoms with Gasteiger partial charge in [0.05, 0.1) is 0 Å². The van der Waals surface area contributed by atoms with E-state index in [0.29, 0.717) is 0 Å². The van der Waals surface area contributed by atoms with E-state index in [9.17, 15) is 0 Å². The van der Waals surface area contributed by atoms with Crippen molar-refractivity contribution >= 4 is 17.6 Å². The second-order valence-corrected chi connectivity index (χ2v) is 6.77. The average molecular weight is 382 g/mol. The maximum absolute atomic E-state index is 4.47. The van der Waals surface area contributed by atoms with E-state index in [2.05, 4.69) is 72.2 Å². The minimum absolute atomic E-state index is 0.811. The zero-order chi connectivity index (χ0) is 19.6. The van der Waals surface area contributed by atoms with Gasteiger partial charge in [-0.1, -0.05) is 18.2 Å². The fourth-order valence-electron chi connectivity index (χ4n) is 3.48. The van der Waals surface area contributed by atoms with E-state index in [4.69, 9.17) is 0 Å². The van der Waals surface area contributed by atoms with E-state index in [1.807, 2.05) is 13.1 Å². The first-order valence-corrected chi connectivity index (χ1v) is 10.1. The third-order valence-corrected chi connectivity index (χ3v) is 5.02. The van der Waals surface area contributed by atoms with Crippen LogP contribution in [0.25, 0.3) is 0 Å². The van der Waals surface area contributed by atoms with Crippen molar-refractivity contribution in [2.75, 3.05) is 62.7 Å². The van der Waals surface area contributed by atoms with Gasteiger partial charge in [0.25, 0.3) is 0 Å². The third-order valence-electron chi connectivity index (χ3n) is 5.02. The normalized spacial score (nSPS) is 14.9. The molecule has 7 heteroatoms. The summed E-state index contributed by atoms with van der Waals surface area (Å²) >= 11 is 0.